The van der Waals surface area contributed by atoms with Crippen LogP contribution in [0.2, 0.25) is 0 Å². The number of nitrogens with one attached hydrogen (secondary N) is 1. The largest absolute Gasteiger partial charge is 0.311 e. The third-order valence-electron chi connectivity index (χ3n) is 4.39. The van der Waals surface area contributed by atoms with Gasteiger partial charge in [0, 0.05) is 30.2 Å². The minimum absolute atomic E-state index is 0.296. The monoisotopic (exact) mass is 210 g/mol. The Balaban J connectivity index is 2.36. The van der Waals surface area contributed by atoms with Gasteiger partial charge in [0.25, 0.3) is 0 Å². The highest BCUT2D eigenvalue weighted by Crippen LogP contribution is 2.49. The first-order valence-corrected chi connectivity index (χ1v) is 6.18. The van der Waals surface area contributed by atoms with Crippen LogP contribution >= 0.6 is 0 Å². The van der Waals surface area contributed by atoms with Gasteiger partial charge in [-0.3, -0.25) is 4.90 Å². The zero-order valence-electron chi connectivity index (χ0n) is 11.1. The molecule has 0 unspecified atom stereocenters. The molecule has 0 saturated carbocycles. The number of rotatable bonds is 0. The first-order valence-electron chi connectivity index (χ1n) is 6.18. The minimum Gasteiger partial charge on any atom is -0.311 e. The molecule has 0 aliphatic carbocycles. The fraction of sp³-hybridized carbons (Fsp3) is 1.00. The van der Waals surface area contributed by atoms with Gasteiger partial charge in [-0.05, 0) is 32.6 Å². The summed E-state index contributed by atoms with van der Waals surface area (Å²) in [4.78, 5) is 2.74. The Morgan fingerprint density at radius 1 is 1.13 bits per heavy atom. The van der Waals surface area contributed by atoms with E-state index in [1.807, 2.05) is 0 Å². The summed E-state index contributed by atoms with van der Waals surface area (Å²) in [6.45, 7) is 16.6. The van der Waals surface area contributed by atoms with Crippen LogP contribution in [-0.2, 0) is 0 Å². The molecule has 0 aromatic carbocycles. The zero-order valence-corrected chi connectivity index (χ0v) is 11.1. The van der Waals surface area contributed by atoms with Crippen molar-refractivity contribution in [1.29, 1.82) is 0 Å². The normalized spacial score (nSPS) is 37.6. The van der Waals surface area contributed by atoms with Gasteiger partial charge in [-0.2, -0.15) is 0 Å². The fourth-order valence-electron chi connectivity index (χ4n) is 3.49. The SMILES string of the molecule is CC(C)(C)N1C[C@@H]2C[C@@]1(C(C)(C)C)CN2. The van der Waals surface area contributed by atoms with Crippen LogP contribution in [0.25, 0.3) is 0 Å². The van der Waals surface area contributed by atoms with E-state index < -0.39 is 0 Å². The third kappa shape index (κ3) is 1.53. The van der Waals surface area contributed by atoms with Gasteiger partial charge in [-0.1, -0.05) is 20.8 Å². The lowest BCUT2D eigenvalue weighted by Crippen LogP contribution is -2.64. The number of fused-ring (bicyclic) bond motifs is 2. The van der Waals surface area contributed by atoms with Crippen molar-refractivity contribution in [3.63, 3.8) is 0 Å². The van der Waals surface area contributed by atoms with E-state index in [0.717, 1.165) is 6.04 Å². The van der Waals surface area contributed by atoms with Crippen molar-refractivity contribution in [2.24, 2.45) is 5.41 Å². The van der Waals surface area contributed by atoms with Crippen molar-refractivity contribution in [3.05, 3.63) is 0 Å². The molecule has 2 aliphatic rings. The second-order valence-electron chi connectivity index (χ2n) is 7.34. The Labute approximate surface area is 94.4 Å². The standard InChI is InChI=1S/C13H26N2/c1-11(2,3)13-7-10(14-9-13)8-15(13)12(4,5)6/h10,14H,7-9H2,1-6H3/t10-,13-/m0/s1. The molecule has 1 N–H and O–H groups in total. The van der Waals surface area contributed by atoms with Crippen molar-refractivity contribution in [3.8, 4) is 0 Å². The Hall–Kier alpha value is -0.0800. The van der Waals surface area contributed by atoms with Gasteiger partial charge in [0.2, 0.25) is 0 Å². The molecular formula is C13H26N2. The molecule has 2 fully saturated rings. The average Bonchev–Trinajstić information content (AvgIpc) is 2.57. The van der Waals surface area contributed by atoms with Gasteiger partial charge < -0.3 is 5.32 Å². The van der Waals surface area contributed by atoms with Crippen LogP contribution in [0.4, 0.5) is 0 Å². The van der Waals surface area contributed by atoms with Crippen LogP contribution in [0, 0.1) is 5.41 Å². The first kappa shape index (κ1) is 11.4. The molecule has 0 aromatic heterocycles. The molecule has 15 heavy (non-hydrogen) atoms. The topological polar surface area (TPSA) is 15.3 Å². The van der Waals surface area contributed by atoms with E-state index >= 15 is 0 Å². The van der Waals surface area contributed by atoms with Crippen LogP contribution in [0.3, 0.4) is 0 Å². The van der Waals surface area contributed by atoms with E-state index in [1.54, 1.807) is 0 Å². The highest BCUT2D eigenvalue weighted by atomic mass is 15.4. The lowest BCUT2D eigenvalue weighted by atomic mass is 9.71. The van der Waals surface area contributed by atoms with Crippen molar-refractivity contribution in [2.75, 3.05) is 13.1 Å². The van der Waals surface area contributed by atoms with Gasteiger partial charge >= 0.3 is 0 Å². The zero-order chi connectivity index (χ0) is 11.5. The predicted molar refractivity (Wildman–Crippen MR) is 65.1 cm³/mol. The highest BCUT2D eigenvalue weighted by Gasteiger charge is 2.59. The second-order valence-corrected chi connectivity index (χ2v) is 7.34. The highest BCUT2D eigenvalue weighted by molar-refractivity contribution is 5.16. The van der Waals surface area contributed by atoms with Crippen LogP contribution in [-0.4, -0.2) is 35.1 Å². The van der Waals surface area contributed by atoms with E-state index in [0.29, 0.717) is 16.5 Å². The number of hydrogen-bond donors (Lipinski definition) is 1. The molecule has 2 atom stereocenters. The quantitative estimate of drug-likeness (QED) is 0.660. The molecule has 88 valence electrons. The Morgan fingerprint density at radius 2 is 1.73 bits per heavy atom. The van der Waals surface area contributed by atoms with Gasteiger partial charge in [-0.15, -0.1) is 0 Å². The molecule has 2 nitrogen and oxygen atoms in total. The molecule has 2 aliphatic heterocycles. The van der Waals surface area contributed by atoms with Crippen molar-refractivity contribution in [1.82, 2.24) is 10.2 Å². The summed E-state index contributed by atoms with van der Waals surface area (Å²) >= 11 is 0. The summed E-state index contributed by atoms with van der Waals surface area (Å²) in [6, 6.07) is 0.725. The van der Waals surface area contributed by atoms with Crippen molar-refractivity contribution in [2.45, 2.75) is 65.1 Å². The van der Waals surface area contributed by atoms with Crippen LogP contribution in [0.1, 0.15) is 48.0 Å². The number of piperazine rings is 1. The molecule has 0 aromatic rings. The molecule has 2 heteroatoms. The summed E-state index contributed by atoms with van der Waals surface area (Å²) < 4.78 is 0. The Bertz CT molecular complexity index is 259. The first-order chi connectivity index (χ1) is 6.67. The van der Waals surface area contributed by atoms with E-state index in [9.17, 15) is 0 Å². The second kappa shape index (κ2) is 2.98. The lowest BCUT2D eigenvalue weighted by Gasteiger charge is -2.53. The molecule has 0 amide bonds. The molecular weight excluding hydrogens is 184 g/mol. The maximum Gasteiger partial charge on any atom is 0.0403 e. The van der Waals surface area contributed by atoms with Gasteiger partial charge in [0.1, 0.15) is 0 Å². The molecule has 0 radical (unpaired) electrons. The van der Waals surface area contributed by atoms with Gasteiger partial charge in [0.15, 0.2) is 0 Å². The summed E-state index contributed by atoms with van der Waals surface area (Å²) in [5, 5.41) is 3.66. The maximum absolute atomic E-state index is 3.66. The van der Waals surface area contributed by atoms with Gasteiger partial charge in [0.05, 0.1) is 0 Å². The van der Waals surface area contributed by atoms with Gasteiger partial charge in [-0.25, -0.2) is 0 Å². The van der Waals surface area contributed by atoms with E-state index in [2.05, 4.69) is 51.8 Å². The summed E-state index contributed by atoms with van der Waals surface area (Å²) in [6.07, 6.45) is 1.33. The number of hydrogen-bond acceptors (Lipinski definition) is 2. The van der Waals surface area contributed by atoms with Crippen LogP contribution in [0.15, 0.2) is 0 Å². The Morgan fingerprint density at radius 3 is 2.07 bits per heavy atom. The van der Waals surface area contributed by atoms with Crippen molar-refractivity contribution >= 4 is 0 Å². The summed E-state index contributed by atoms with van der Waals surface area (Å²) in [7, 11) is 0. The number of likely N-dealkylation sites (tertiary alicyclic amines) is 1. The molecule has 2 saturated heterocycles. The smallest absolute Gasteiger partial charge is 0.0403 e. The van der Waals surface area contributed by atoms with E-state index in [1.165, 1.54) is 19.5 Å². The molecule has 0 spiro atoms. The molecule has 2 heterocycles. The molecule has 2 bridgehead atoms. The third-order valence-corrected chi connectivity index (χ3v) is 4.39. The average molecular weight is 210 g/mol. The van der Waals surface area contributed by atoms with Crippen LogP contribution < -0.4 is 5.32 Å². The molecule has 2 rings (SSSR count). The van der Waals surface area contributed by atoms with E-state index in [-0.39, 0.29) is 0 Å². The minimum atomic E-state index is 0.296. The fourth-order valence-corrected chi connectivity index (χ4v) is 3.49. The summed E-state index contributed by atoms with van der Waals surface area (Å²) in [5.41, 5.74) is 1.03. The number of nitrogens with zero attached hydrogens (tertiary/aromatic N) is 1. The Kier molecular flexibility index (Phi) is 2.27. The maximum atomic E-state index is 3.66. The summed E-state index contributed by atoms with van der Waals surface area (Å²) in [5.74, 6) is 0. The lowest BCUT2D eigenvalue weighted by molar-refractivity contribution is -0.0329. The predicted octanol–water partition coefficient (Wildman–Crippen LogP) is 2.25. The van der Waals surface area contributed by atoms with Crippen LogP contribution in [0.5, 0.6) is 0 Å². The van der Waals surface area contributed by atoms with E-state index in [4.69, 9.17) is 0 Å². The van der Waals surface area contributed by atoms with Crippen molar-refractivity contribution < 1.29 is 0 Å².